The van der Waals surface area contributed by atoms with Gasteiger partial charge in [0.25, 0.3) is 0 Å². The first-order valence-corrected chi connectivity index (χ1v) is 7.92. The third kappa shape index (κ3) is 3.36. The Balaban J connectivity index is 2.89. The van der Waals surface area contributed by atoms with Gasteiger partial charge in [0.15, 0.2) is 0 Å². The van der Waals surface area contributed by atoms with Gasteiger partial charge in [-0.2, -0.15) is 26.3 Å². The quantitative estimate of drug-likeness (QED) is 0.610. The van der Waals surface area contributed by atoms with Crippen LogP contribution in [0.25, 0.3) is 0 Å². The molecule has 0 aliphatic heterocycles. The fraction of sp³-hybridized carbons (Fsp3) is 0.143. The van der Waals surface area contributed by atoms with Crippen LogP contribution in [0.1, 0.15) is 11.1 Å². The van der Waals surface area contributed by atoms with E-state index in [9.17, 15) is 34.8 Å². The van der Waals surface area contributed by atoms with Gasteiger partial charge in [-0.05, 0) is 24.3 Å². The van der Waals surface area contributed by atoms with Crippen LogP contribution in [0.15, 0.2) is 46.2 Å². The monoisotopic (exact) mass is 384 g/mol. The zero-order valence-corrected chi connectivity index (χ0v) is 12.9. The minimum atomic E-state index is -5.21. The Labute approximate surface area is 138 Å². The Kier molecular flexibility index (Phi) is 4.41. The molecule has 0 heterocycles. The predicted molar refractivity (Wildman–Crippen MR) is 77.2 cm³/mol. The highest BCUT2D eigenvalue weighted by atomic mass is 32.2. The molecule has 11 heteroatoms. The van der Waals surface area contributed by atoms with Gasteiger partial charge in [-0.3, -0.25) is 0 Å². The summed E-state index contributed by atoms with van der Waals surface area (Å²) >= 11 is 0. The first-order valence-electron chi connectivity index (χ1n) is 6.44. The lowest BCUT2D eigenvalue weighted by Crippen LogP contribution is -2.20. The number of alkyl halides is 6. The standard InChI is InChI=1S/C14H10F6N2O2S/c15-13(16,17)11-7(21)3-1-5-9(11)25(23,24)10-6-2-4-8(22)12(10)14(18,19)20/h1-6H,21-22H2. The molecule has 2 aromatic carbocycles. The fourth-order valence-electron chi connectivity index (χ4n) is 2.27. The molecule has 0 atom stereocenters. The topological polar surface area (TPSA) is 86.2 Å². The van der Waals surface area contributed by atoms with E-state index in [4.69, 9.17) is 11.5 Å². The summed E-state index contributed by atoms with van der Waals surface area (Å²) in [4.78, 5) is -2.76. The lowest BCUT2D eigenvalue weighted by atomic mass is 10.1. The summed E-state index contributed by atoms with van der Waals surface area (Å²) in [6.45, 7) is 0. The molecule has 0 bridgehead atoms. The van der Waals surface area contributed by atoms with Crippen LogP contribution in [-0.4, -0.2) is 8.42 Å². The van der Waals surface area contributed by atoms with Crippen LogP contribution >= 0.6 is 0 Å². The molecule has 0 saturated carbocycles. The van der Waals surface area contributed by atoms with Crippen molar-refractivity contribution in [3.05, 3.63) is 47.5 Å². The normalized spacial score (nSPS) is 13.0. The molecule has 0 aliphatic carbocycles. The number of benzene rings is 2. The van der Waals surface area contributed by atoms with E-state index in [0.717, 1.165) is 24.3 Å². The highest BCUT2D eigenvalue weighted by Gasteiger charge is 2.44. The average Bonchev–Trinajstić information content (AvgIpc) is 2.44. The number of hydrogen-bond acceptors (Lipinski definition) is 4. The van der Waals surface area contributed by atoms with Gasteiger partial charge in [0.2, 0.25) is 9.84 Å². The molecule has 0 amide bonds. The molecule has 2 rings (SSSR count). The summed E-state index contributed by atoms with van der Waals surface area (Å²) in [5, 5.41) is 0. The predicted octanol–water partition coefficient (Wildman–Crippen LogP) is 3.72. The Morgan fingerprint density at radius 2 is 1.00 bits per heavy atom. The van der Waals surface area contributed by atoms with Gasteiger partial charge >= 0.3 is 12.4 Å². The lowest BCUT2D eigenvalue weighted by molar-refractivity contribution is -0.139. The molecule has 4 N–H and O–H groups in total. The smallest absolute Gasteiger partial charge is 0.398 e. The van der Waals surface area contributed by atoms with Gasteiger partial charge in [0.1, 0.15) is 0 Å². The SMILES string of the molecule is Nc1cccc(S(=O)(=O)c2cccc(N)c2C(F)(F)F)c1C(F)(F)F. The van der Waals surface area contributed by atoms with Gasteiger partial charge in [0, 0.05) is 11.4 Å². The Bertz CT molecular complexity index is 850. The van der Waals surface area contributed by atoms with Gasteiger partial charge < -0.3 is 11.5 Å². The number of nitrogen functional groups attached to an aromatic ring is 2. The van der Waals surface area contributed by atoms with E-state index in [-0.39, 0.29) is 0 Å². The number of halogens is 6. The minimum absolute atomic E-state index is 0.540. The number of hydrogen-bond donors (Lipinski definition) is 2. The largest absolute Gasteiger partial charge is 0.419 e. The lowest BCUT2D eigenvalue weighted by Gasteiger charge is -2.19. The second kappa shape index (κ2) is 5.83. The third-order valence-electron chi connectivity index (χ3n) is 3.26. The van der Waals surface area contributed by atoms with Crippen molar-refractivity contribution < 1.29 is 34.8 Å². The molecule has 0 spiro atoms. The summed E-state index contributed by atoms with van der Waals surface area (Å²) in [6, 6.07) is 4.47. The van der Waals surface area contributed by atoms with Crippen LogP contribution in [0.4, 0.5) is 37.7 Å². The van der Waals surface area contributed by atoms with Crippen molar-refractivity contribution in [2.75, 3.05) is 11.5 Å². The molecule has 0 saturated heterocycles. The summed E-state index contributed by atoms with van der Waals surface area (Å²) in [5.41, 5.74) is 5.10. The van der Waals surface area contributed by atoms with Gasteiger partial charge in [-0.15, -0.1) is 0 Å². The molecular formula is C14H10F6N2O2S. The zero-order chi connectivity index (χ0) is 19.2. The molecule has 25 heavy (non-hydrogen) atoms. The molecule has 0 unspecified atom stereocenters. The first-order chi connectivity index (χ1) is 11.3. The van der Waals surface area contributed by atoms with Gasteiger partial charge in [-0.25, -0.2) is 8.42 Å². The Morgan fingerprint density at radius 3 is 1.28 bits per heavy atom. The number of sulfone groups is 1. The summed E-state index contributed by atoms with van der Waals surface area (Å²) < 4.78 is 104. The van der Waals surface area contributed by atoms with Gasteiger partial charge in [0.05, 0.1) is 20.9 Å². The molecule has 136 valence electrons. The van der Waals surface area contributed by atoms with E-state index < -0.39 is 54.5 Å². The molecule has 0 radical (unpaired) electrons. The first kappa shape index (κ1) is 18.9. The van der Waals surface area contributed by atoms with E-state index >= 15 is 0 Å². The van der Waals surface area contributed by atoms with Crippen LogP contribution in [0, 0.1) is 0 Å². The zero-order valence-electron chi connectivity index (χ0n) is 12.1. The molecular weight excluding hydrogens is 374 g/mol. The van der Waals surface area contributed by atoms with E-state index in [0.29, 0.717) is 12.1 Å². The van der Waals surface area contributed by atoms with Crippen molar-refractivity contribution >= 4 is 21.2 Å². The fourth-order valence-corrected chi connectivity index (χ4v) is 4.03. The highest BCUT2D eigenvalue weighted by Crippen LogP contribution is 2.44. The summed E-state index contributed by atoms with van der Waals surface area (Å²) in [5.74, 6) is 0. The minimum Gasteiger partial charge on any atom is -0.398 e. The van der Waals surface area contributed by atoms with Crippen LogP contribution in [0.2, 0.25) is 0 Å². The Morgan fingerprint density at radius 1 is 0.680 bits per heavy atom. The van der Waals surface area contributed by atoms with Crippen LogP contribution < -0.4 is 11.5 Å². The second-order valence-corrected chi connectivity index (χ2v) is 6.83. The molecule has 0 aromatic heterocycles. The Hall–Kier alpha value is -2.43. The van der Waals surface area contributed by atoms with E-state index in [1.54, 1.807) is 0 Å². The van der Waals surface area contributed by atoms with E-state index in [1.807, 2.05) is 0 Å². The maximum Gasteiger partial charge on any atom is 0.419 e. The third-order valence-corrected chi connectivity index (χ3v) is 5.10. The van der Waals surface area contributed by atoms with Crippen LogP contribution in [0.3, 0.4) is 0 Å². The molecule has 2 aromatic rings. The van der Waals surface area contributed by atoms with Crippen molar-refractivity contribution in [3.63, 3.8) is 0 Å². The molecule has 0 aliphatic rings. The van der Waals surface area contributed by atoms with Crippen LogP contribution in [-0.2, 0) is 22.2 Å². The van der Waals surface area contributed by atoms with Gasteiger partial charge in [-0.1, -0.05) is 12.1 Å². The van der Waals surface area contributed by atoms with Crippen molar-refractivity contribution in [2.45, 2.75) is 22.1 Å². The molecule has 4 nitrogen and oxygen atoms in total. The second-order valence-electron chi connectivity index (χ2n) is 4.94. The number of anilines is 2. The average molecular weight is 384 g/mol. The van der Waals surface area contributed by atoms with Crippen molar-refractivity contribution in [2.24, 2.45) is 0 Å². The number of nitrogens with two attached hydrogens (primary N) is 2. The molecule has 0 fully saturated rings. The summed E-state index contributed by atoms with van der Waals surface area (Å²) in [7, 11) is -5.21. The van der Waals surface area contributed by atoms with Crippen LogP contribution in [0.5, 0.6) is 0 Å². The van der Waals surface area contributed by atoms with Crippen molar-refractivity contribution in [3.8, 4) is 0 Å². The van der Waals surface area contributed by atoms with E-state index in [1.165, 1.54) is 0 Å². The summed E-state index contributed by atoms with van der Waals surface area (Å²) in [6.07, 6.45) is -10.4. The highest BCUT2D eigenvalue weighted by molar-refractivity contribution is 7.91. The van der Waals surface area contributed by atoms with E-state index in [2.05, 4.69) is 0 Å². The maximum atomic E-state index is 13.2. The number of rotatable bonds is 2. The van der Waals surface area contributed by atoms with Crippen molar-refractivity contribution in [1.29, 1.82) is 0 Å². The van der Waals surface area contributed by atoms with Crippen molar-refractivity contribution in [1.82, 2.24) is 0 Å². The maximum absolute atomic E-state index is 13.2.